The third-order valence-electron chi connectivity index (χ3n) is 5.76. The Morgan fingerprint density at radius 2 is 1.55 bits per heavy atom. The SMILES string of the molecule is CC1CC(C(=O)N2CCN(C(=O)CCN3C(=O)c4ccccc4C3=O)CC2)NN1. The largest absolute Gasteiger partial charge is 0.339 e. The summed E-state index contributed by atoms with van der Waals surface area (Å²) < 4.78 is 0. The number of imide groups is 1. The molecule has 9 heteroatoms. The van der Waals surface area contributed by atoms with Crippen molar-refractivity contribution in [1.82, 2.24) is 25.6 Å². The number of hydrogen-bond acceptors (Lipinski definition) is 6. The van der Waals surface area contributed by atoms with Gasteiger partial charge in [-0.2, -0.15) is 0 Å². The molecule has 3 aliphatic heterocycles. The topological polar surface area (TPSA) is 102 Å². The van der Waals surface area contributed by atoms with E-state index in [2.05, 4.69) is 10.9 Å². The standard InChI is InChI=1S/C20H25N5O4/c1-13-12-16(22-21-13)20(29)24-10-8-23(9-11-24)17(26)6-7-25-18(27)14-4-2-3-5-15(14)19(25)28/h2-5,13,16,21-22H,6-12H2,1H3. The van der Waals surface area contributed by atoms with E-state index in [4.69, 9.17) is 0 Å². The number of carbonyl (C=O) groups excluding carboxylic acids is 4. The molecule has 4 amide bonds. The molecule has 9 nitrogen and oxygen atoms in total. The van der Waals surface area contributed by atoms with E-state index in [-0.39, 0.29) is 48.7 Å². The van der Waals surface area contributed by atoms with E-state index in [1.54, 1.807) is 34.1 Å². The first-order valence-electron chi connectivity index (χ1n) is 9.98. The van der Waals surface area contributed by atoms with E-state index in [9.17, 15) is 19.2 Å². The molecule has 0 spiro atoms. The first-order valence-corrected chi connectivity index (χ1v) is 9.98. The highest BCUT2D eigenvalue weighted by molar-refractivity contribution is 6.21. The predicted octanol–water partition coefficient (Wildman–Crippen LogP) is -0.401. The summed E-state index contributed by atoms with van der Waals surface area (Å²) in [7, 11) is 0. The average Bonchev–Trinajstić information content (AvgIpc) is 3.28. The molecule has 0 aliphatic carbocycles. The molecule has 1 aromatic carbocycles. The molecule has 2 atom stereocenters. The zero-order chi connectivity index (χ0) is 20.5. The van der Waals surface area contributed by atoms with Gasteiger partial charge in [0.2, 0.25) is 11.8 Å². The smallest absolute Gasteiger partial charge is 0.261 e. The van der Waals surface area contributed by atoms with E-state index in [0.29, 0.717) is 37.3 Å². The fourth-order valence-electron chi connectivity index (χ4n) is 4.08. The fourth-order valence-corrected chi connectivity index (χ4v) is 4.08. The molecule has 3 heterocycles. The first-order chi connectivity index (χ1) is 14.0. The number of nitrogens with zero attached hydrogens (tertiary/aromatic N) is 3. The molecule has 0 saturated carbocycles. The number of piperazine rings is 1. The number of carbonyl (C=O) groups is 4. The van der Waals surface area contributed by atoms with Crippen molar-refractivity contribution in [2.24, 2.45) is 0 Å². The number of rotatable bonds is 4. The highest BCUT2D eigenvalue weighted by atomic mass is 16.2. The number of fused-ring (bicyclic) bond motifs is 1. The second kappa shape index (κ2) is 7.92. The Labute approximate surface area is 169 Å². The maximum Gasteiger partial charge on any atom is 0.261 e. The Balaban J connectivity index is 1.26. The quantitative estimate of drug-likeness (QED) is 0.668. The number of hydrogen-bond donors (Lipinski definition) is 2. The lowest BCUT2D eigenvalue weighted by atomic mass is 10.1. The Kier molecular flexibility index (Phi) is 5.33. The van der Waals surface area contributed by atoms with Gasteiger partial charge in [-0.15, -0.1) is 0 Å². The monoisotopic (exact) mass is 399 g/mol. The predicted molar refractivity (Wildman–Crippen MR) is 104 cm³/mol. The summed E-state index contributed by atoms with van der Waals surface area (Å²) in [5.41, 5.74) is 6.85. The van der Waals surface area contributed by atoms with Crippen LogP contribution in [-0.2, 0) is 9.59 Å². The zero-order valence-electron chi connectivity index (χ0n) is 16.4. The number of amides is 4. The van der Waals surface area contributed by atoms with Gasteiger partial charge in [0.05, 0.1) is 11.1 Å². The second-order valence-corrected chi connectivity index (χ2v) is 7.74. The van der Waals surface area contributed by atoms with Crippen LogP contribution >= 0.6 is 0 Å². The van der Waals surface area contributed by atoms with Crippen LogP contribution in [0.3, 0.4) is 0 Å². The van der Waals surface area contributed by atoms with Crippen LogP contribution in [0.4, 0.5) is 0 Å². The third kappa shape index (κ3) is 3.75. The summed E-state index contributed by atoms with van der Waals surface area (Å²) in [6.45, 7) is 3.99. The molecule has 0 bridgehead atoms. The van der Waals surface area contributed by atoms with E-state index in [0.717, 1.165) is 11.3 Å². The van der Waals surface area contributed by atoms with Crippen LogP contribution in [0.1, 0.15) is 40.5 Å². The Morgan fingerprint density at radius 3 is 2.10 bits per heavy atom. The summed E-state index contributed by atoms with van der Waals surface area (Å²) in [4.78, 5) is 54.5. The molecule has 2 saturated heterocycles. The summed E-state index contributed by atoms with van der Waals surface area (Å²) in [6, 6.07) is 6.73. The van der Waals surface area contributed by atoms with Gasteiger partial charge in [-0.05, 0) is 25.5 Å². The minimum atomic E-state index is -0.347. The number of benzene rings is 1. The Hall–Kier alpha value is -2.78. The summed E-state index contributed by atoms with van der Waals surface area (Å²) in [6.07, 6.45) is 0.837. The molecule has 2 fully saturated rings. The Morgan fingerprint density at radius 1 is 0.966 bits per heavy atom. The molecule has 3 aliphatic rings. The van der Waals surface area contributed by atoms with Crippen LogP contribution in [0.2, 0.25) is 0 Å². The maximum absolute atomic E-state index is 12.6. The van der Waals surface area contributed by atoms with Gasteiger partial charge in [0, 0.05) is 45.2 Å². The van der Waals surface area contributed by atoms with Gasteiger partial charge in [-0.25, -0.2) is 5.43 Å². The van der Waals surface area contributed by atoms with Gasteiger partial charge in [-0.3, -0.25) is 29.5 Å². The molecule has 4 rings (SSSR count). The van der Waals surface area contributed by atoms with Crippen molar-refractivity contribution in [1.29, 1.82) is 0 Å². The van der Waals surface area contributed by atoms with Crippen molar-refractivity contribution in [3.8, 4) is 0 Å². The van der Waals surface area contributed by atoms with Crippen LogP contribution in [-0.4, -0.2) is 83.1 Å². The van der Waals surface area contributed by atoms with Crippen LogP contribution in [0.15, 0.2) is 24.3 Å². The molecule has 0 radical (unpaired) electrons. The second-order valence-electron chi connectivity index (χ2n) is 7.74. The van der Waals surface area contributed by atoms with E-state index < -0.39 is 0 Å². The summed E-state index contributed by atoms with van der Waals surface area (Å²) >= 11 is 0. The van der Waals surface area contributed by atoms with Crippen LogP contribution < -0.4 is 10.9 Å². The molecule has 0 aromatic heterocycles. The molecule has 29 heavy (non-hydrogen) atoms. The summed E-state index contributed by atoms with van der Waals surface area (Å²) in [5.74, 6) is -0.746. The van der Waals surface area contributed by atoms with Crippen molar-refractivity contribution in [2.45, 2.75) is 31.8 Å². The highest BCUT2D eigenvalue weighted by Crippen LogP contribution is 2.22. The van der Waals surface area contributed by atoms with Crippen molar-refractivity contribution >= 4 is 23.6 Å². The minimum Gasteiger partial charge on any atom is -0.339 e. The lowest BCUT2D eigenvalue weighted by Gasteiger charge is -2.36. The summed E-state index contributed by atoms with van der Waals surface area (Å²) in [5, 5.41) is 0. The van der Waals surface area contributed by atoms with Gasteiger partial charge >= 0.3 is 0 Å². The van der Waals surface area contributed by atoms with Gasteiger partial charge in [0.1, 0.15) is 6.04 Å². The van der Waals surface area contributed by atoms with E-state index in [1.165, 1.54) is 0 Å². The first kappa shape index (κ1) is 19.5. The van der Waals surface area contributed by atoms with Gasteiger partial charge in [-0.1, -0.05) is 12.1 Å². The molecule has 1 aromatic rings. The fraction of sp³-hybridized carbons (Fsp3) is 0.500. The molecule has 2 N–H and O–H groups in total. The lowest BCUT2D eigenvalue weighted by molar-refractivity contribution is -0.140. The van der Waals surface area contributed by atoms with Gasteiger partial charge < -0.3 is 9.80 Å². The average molecular weight is 399 g/mol. The van der Waals surface area contributed by atoms with Crippen LogP contribution in [0.25, 0.3) is 0 Å². The van der Waals surface area contributed by atoms with E-state index >= 15 is 0 Å². The third-order valence-corrected chi connectivity index (χ3v) is 5.76. The van der Waals surface area contributed by atoms with Crippen molar-refractivity contribution in [2.75, 3.05) is 32.7 Å². The van der Waals surface area contributed by atoms with Gasteiger partial charge in [0.25, 0.3) is 11.8 Å². The lowest BCUT2D eigenvalue weighted by Crippen LogP contribution is -2.55. The highest BCUT2D eigenvalue weighted by Gasteiger charge is 2.36. The minimum absolute atomic E-state index is 0.0555. The van der Waals surface area contributed by atoms with Crippen molar-refractivity contribution in [3.63, 3.8) is 0 Å². The molecule has 154 valence electrons. The molecular weight excluding hydrogens is 374 g/mol. The normalized spacial score (nSPS) is 24.2. The van der Waals surface area contributed by atoms with Gasteiger partial charge in [0.15, 0.2) is 0 Å². The van der Waals surface area contributed by atoms with Crippen molar-refractivity contribution < 1.29 is 19.2 Å². The van der Waals surface area contributed by atoms with E-state index in [1.807, 2.05) is 6.92 Å². The molecule has 2 unspecified atom stereocenters. The zero-order valence-corrected chi connectivity index (χ0v) is 16.4. The molecular formula is C20H25N5O4. The maximum atomic E-state index is 12.6. The van der Waals surface area contributed by atoms with Crippen LogP contribution in [0, 0.1) is 0 Å². The number of hydrazine groups is 1. The Bertz CT molecular complexity index is 814. The van der Waals surface area contributed by atoms with Crippen LogP contribution in [0.5, 0.6) is 0 Å². The van der Waals surface area contributed by atoms with Crippen molar-refractivity contribution in [3.05, 3.63) is 35.4 Å². The number of nitrogens with one attached hydrogen (secondary N) is 2.